The molecular weight excluding hydrogens is 230 g/mol. The third-order valence-corrected chi connectivity index (χ3v) is 2.61. The lowest BCUT2D eigenvalue weighted by Gasteiger charge is -2.39. The summed E-state index contributed by atoms with van der Waals surface area (Å²) in [7, 11) is 0. The predicted molar refractivity (Wildman–Crippen MR) is 56.9 cm³/mol. The van der Waals surface area contributed by atoms with Crippen molar-refractivity contribution in [2.75, 3.05) is 13.2 Å². The highest BCUT2D eigenvalue weighted by Crippen LogP contribution is 2.23. The molecule has 5 atom stereocenters. The molecule has 1 rings (SSSR count). The molecule has 0 saturated carbocycles. The molecule has 0 aromatic heterocycles. The monoisotopic (exact) mass is 247 g/mol. The van der Waals surface area contributed by atoms with Gasteiger partial charge in [-0.2, -0.15) is 0 Å². The number of nitrogens with zero attached hydrogens (tertiary/aromatic N) is 3. The Morgan fingerprint density at radius 2 is 2.00 bits per heavy atom. The number of rotatable bonds is 5. The van der Waals surface area contributed by atoms with Crippen molar-refractivity contribution < 1.29 is 24.8 Å². The van der Waals surface area contributed by atoms with Gasteiger partial charge in [-0.1, -0.05) is 12.0 Å². The molecule has 1 aliphatic heterocycles. The molecule has 0 aromatic carbocycles. The molecule has 1 aliphatic rings. The standard InChI is InChI=1S/C9H17N3O5/c1-2-5-6(13)7(14)8(15)9(17-5)16-4-3-11-12-10/h5-9,13-15H,2-4H2,1H3. The highest BCUT2D eigenvalue weighted by Gasteiger charge is 2.43. The van der Waals surface area contributed by atoms with E-state index >= 15 is 0 Å². The minimum atomic E-state index is -1.32. The molecular formula is C9H17N3O5. The number of aliphatic hydroxyl groups excluding tert-OH is 3. The van der Waals surface area contributed by atoms with E-state index in [0.29, 0.717) is 6.42 Å². The minimum Gasteiger partial charge on any atom is -0.388 e. The van der Waals surface area contributed by atoms with Crippen LogP contribution in [0.3, 0.4) is 0 Å². The normalized spacial score (nSPS) is 37.5. The van der Waals surface area contributed by atoms with Gasteiger partial charge in [0.2, 0.25) is 0 Å². The second kappa shape index (κ2) is 6.75. The number of hydrogen-bond donors (Lipinski definition) is 3. The second-order valence-electron chi connectivity index (χ2n) is 3.75. The van der Waals surface area contributed by atoms with Crippen LogP contribution in [-0.2, 0) is 9.47 Å². The Morgan fingerprint density at radius 3 is 2.59 bits per heavy atom. The smallest absolute Gasteiger partial charge is 0.186 e. The summed E-state index contributed by atoms with van der Waals surface area (Å²) in [5.41, 5.74) is 8.06. The van der Waals surface area contributed by atoms with Gasteiger partial charge in [0.15, 0.2) is 6.29 Å². The SMILES string of the molecule is CCC1OC(OCCN=[N+]=[N-])C(O)C(O)C1O. The van der Waals surface area contributed by atoms with E-state index in [4.69, 9.17) is 15.0 Å². The Bertz CT molecular complexity index is 282. The Morgan fingerprint density at radius 1 is 1.29 bits per heavy atom. The average molecular weight is 247 g/mol. The minimum absolute atomic E-state index is 0.0744. The average Bonchev–Trinajstić information content (AvgIpc) is 2.34. The lowest BCUT2D eigenvalue weighted by molar-refractivity contribution is -0.296. The number of aliphatic hydroxyl groups is 3. The van der Waals surface area contributed by atoms with Crippen LogP contribution in [0.25, 0.3) is 10.4 Å². The fourth-order valence-electron chi connectivity index (χ4n) is 1.65. The largest absolute Gasteiger partial charge is 0.388 e. The fourth-order valence-corrected chi connectivity index (χ4v) is 1.65. The summed E-state index contributed by atoms with van der Waals surface area (Å²) in [6.07, 6.45) is -4.88. The third-order valence-electron chi connectivity index (χ3n) is 2.61. The first kappa shape index (κ1) is 14.2. The molecule has 8 nitrogen and oxygen atoms in total. The van der Waals surface area contributed by atoms with E-state index in [-0.39, 0.29) is 13.2 Å². The zero-order valence-corrected chi connectivity index (χ0v) is 9.51. The van der Waals surface area contributed by atoms with Gasteiger partial charge in [0.05, 0.1) is 12.7 Å². The van der Waals surface area contributed by atoms with Crippen LogP contribution in [0.5, 0.6) is 0 Å². The molecule has 0 amide bonds. The van der Waals surface area contributed by atoms with E-state index in [1.54, 1.807) is 6.92 Å². The van der Waals surface area contributed by atoms with Gasteiger partial charge in [0, 0.05) is 11.5 Å². The zero-order valence-electron chi connectivity index (χ0n) is 9.51. The number of hydrogen-bond acceptors (Lipinski definition) is 6. The van der Waals surface area contributed by atoms with Crippen LogP contribution in [0.1, 0.15) is 13.3 Å². The zero-order chi connectivity index (χ0) is 12.8. The fraction of sp³-hybridized carbons (Fsp3) is 1.00. The van der Waals surface area contributed by atoms with Crippen LogP contribution in [0.4, 0.5) is 0 Å². The maximum atomic E-state index is 9.61. The van der Waals surface area contributed by atoms with E-state index in [1.807, 2.05) is 0 Å². The van der Waals surface area contributed by atoms with Crippen LogP contribution in [0.15, 0.2) is 5.11 Å². The van der Waals surface area contributed by atoms with Gasteiger partial charge in [0.1, 0.15) is 18.3 Å². The van der Waals surface area contributed by atoms with Crippen LogP contribution in [0.2, 0.25) is 0 Å². The van der Waals surface area contributed by atoms with Crippen LogP contribution in [0, 0.1) is 0 Å². The highest BCUT2D eigenvalue weighted by atomic mass is 16.7. The second-order valence-corrected chi connectivity index (χ2v) is 3.75. The van der Waals surface area contributed by atoms with Gasteiger partial charge in [-0.15, -0.1) is 0 Å². The van der Waals surface area contributed by atoms with Crippen molar-refractivity contribution >= 4 is 0 Å². The van der Waals surface area contributed by atoms with Gasteiger partial charge in [0.25, 0.3) is 0 Å². The topological polar surface area (TPSA) is 128 Å². The molecule has 1 heterocycles. The van der Waals surface area contributed by atoms with Crippen LogP contribution < -0.4 is 0 Å². The maximum Gasteiger partial charge on any atom is 0.186 e. The Hall–Kier alpha value is -0.890. The Kier molecular flexibility index (Phi) is 5.63. The van der Waals surface area contributed by atoms with Crippen molar-refractivity contribution in [3.05, 3.63) is 10.4 Å². The van der Waals surface area contributed by atoms with Crippen molar-refractivity contribution in [3.63, 3.8) is 0 Å². The first-order valence-electron chi connectivity index (χ1n) is 5.44. The Balaban J connectivity index is 2.50. The van der Waals surface area contributed by atoms with Crippen molar-refractivity contribution in [1.82, 2.24) is 0 Å². The summed E-state index contributed by atoms with van der Waals surface area (Å²) in [6.45, 7) is 1.97. The van der Waals surface area contributed by atoms with Crippen molar-refractivity contribution in [1.29, 1.82) is 0 Å². The molecule has 0 radical (unpaired) electrons. The number of azide groups is 1. The van der Waals surface area contributed by atoms with E-state index < -0.39 is 30.7 Å². The van der Waals surface area contributed by atoms with E-state index in [2.05, 4.69) is 10.0 Å². The first-order chi connectivity index (χ1) is 8.11. The Labute approximate surface area is 98.4 Å². The number of ether oxygens (including phenoxy) is 2. The molecule has 3 N–H and O–H groups in total. The van der Waals surface area contributed by atoms with Gasteiger partial charge in [-0.3, -0.25) is 0 Å². The molecule has 0 aliphatic carbocycles. The summed E-state index contributed by atoms with van der Waals surface area (Å²) < 4.78 is 10.4. The lowest BCUT2D eigenvalue weighted by Crippen LogP contribution is -2.58. The lowest BCUT2D eigenvalue weighted by atomic mass is 9.97. The summed E-state index contributed by atoms with van der Waals surface area (Å²) in [5.74, 6) is 0. The van der Waals surface area contributed by atoms with Crippen LogP contribution in [-0.4, -0.2) is 59.2 Å². The van der Waals surface area contributed by atoms with Crippen molar-refractivity contribution in [2.45, 2.75) is 44.1 Å². The van der Waals surface area contributed by atoms with E-state index in [9.17, 15) is 15.3 Å². The van der Waals surface area contributed by atoms with Crippen molar-refractivity contribution in [3.8, 4) is 0 Å². The summed E-state index contributed by atoms with van der Waals surface area (Å²) in [6, 6.07) is 0. The first-order valence-corrected chi connectivity index (χ1v) is 5.44. The van der Waals surface area contributed by atoms with Crippen LogP contribution >= 0.6 is 0 Å². The molecule has 0 bridgehead atoms. The molecule has 0 aromatic rings. The third kappa shape index (κ3) is 3.53. The van der Waals surface area contributed by atoms with E-state index in [1.165, 1.54) is 0 Å². The van der Waals surface area contributed by atoms with Gasteiger partial charge in [-0.05, 0) is 12.0 Å². The van der Waals surface area contributed by atoms with Gasteiger partial charge in [-0.25, -0.2) is 0 Å². The van der Waals surface area contributed by atoms with Crippen molar-refractivity contribution in [2.24, 2.45) is 5.11 Å². The molecule has 98 valence electrons. The van der Waals surface area contributed by atoms with Gasteiger partial charge < -0.3 is 24.8 Å². The maximum absolute atomic E-state index is 9.61. The molecule has 1 saturated heterocycles. The quantitative estimate of drug-likeness (QED) is 0.262. The highest BCUT2D eigenvalue weighted by molar-refractivity contribution is 4.88. The summed E-state index contributed by atoms with van der Waals surface area (Å²) in [4.78, 5) is 2.55. The molecule has 1 fully saturated rings. The summed E-state index contributed by atoms with van der Waals surface area (Å²) >= 11 is 0. The molecule has 0 spiro atoms. The van der Waals surface area contributed by atoms with E-state index in [0.717, 1.165) is 0 Å². The summed E-state index contributed by atoms with van der Waals surface area (Å²) in [5, 5.41) is 32.0. The predicted octanol–water partition coefficient (Wildman–Crippen LogP) is -0.469. The molecule has 17 heavy (non-hydrogen) atoms. The molecule has 8 heteroatoms. The molecule has 5 unspecified atom stereocenters. The van der Waals surface area contributed by atoms with Gasteiger partial charge >= 0.3 is 0 Å².